The van der Waals surface area contributed by atoms with Gasteiger partial charge in [0.2, 0.25) is 15.9 Å². The average Bonchev–Trinajstić information content (AvgIpc) is 2.82. The highest BCUT2D eigenvalue weighted by atomic mass is 32.2. The van der Waals surface area contributed by atoms with E-state index in [4.69, 9.17) is 14.2 Å². The van der Waals surface area contributed by atoms with E-state index in [0.29, 0.717) is 44.0 Å². The molecule has 9 nitrogen and oxygen atoms in total. The van der Waals surface area contributed by atoms with Crippen LogP contribution in [0.25, 0.3) is 0 Å². The maximum absolute atomic E-state index is 13.0. The molecule has 31 heavy (non-hydrogen) atoms. The minimum Gasteiger partial charge on any atom is -0.493 e. The van der Waals surface area contributed by atoms with Crippen LogP contribution in [0.2, 0.25) is 0 Å². The van der Waals surface area contributed by atoms with Crippen molar-refractivity contribution in [1.29, 1.82) is 0 Å². The van der Waals surface area contributed by atoms with Crippen molar-refractivity contribution >= 4 is 15.9 Å². The maximum Gasteiger partial charge on any atom is 0.243 e. The third-order valence-electron chi connectivity index (χ3n) is 5.87. The first kappa shape index (κ1) is 23.8. The molecule has 0 spiro atoms. The number of sulfonamides is 1. The van der Waals surface area contributed by atoms with E-state index in [-0.39, 0.29) is 16.7 Å². The molecule has 2 aliphatic heterocycles. The summed E-state index contributed by atoms with van der Waals surface area (Å²) in [6.07, 6.45) is 1.93. The van der Waals surface area contributed by atoms with Gasteiger partial charge < -0.3 is 19.5 Å². The number of hydrogen-bond acceptors (Lipinski definition) is 7. The third kappa shape index (κ3) is 6.09. The van der Waals surface area contributed by atoms with Gasteiger partial charge in [0.15, 0.2) is 11.5 Å². The number of amides is 1. The molecule has 2 saturated heterocycles. The molecule has 0 atom stereocenters. The Morgan fingerprint density at radius 2 is 1.77 bits per heavy atom. The number of carbonyl (C=O) groups is 1. The number of morpholine rings is 1. The first-order chi connectivity index (χ1) is 15.0. The highest BCUT2D eigenvalue weighted by Crippen LogP contribution is 2.32. The molecule has 174 valence electrons. The van der Waals surface area contributed by atoms with Crippen LogP contribution >= 0.6 is 0 Å². The van der Waals surface area contributed by atoms with E-state index >= 15 is 0 Å². The molecular formula is C21H33N3O6S. The molecule has 1 amide bonds. The van der Waals surface area contributed by atoms with Crippen LogP contribution in [0.1, 0.15) is 19.3 Å². The summed E-state index contributed by atoms with van der Waals surface area (Å²) >= 11 is 0. The Balaban J connectivity index is 1.46. The number of hydrogen-bond donors (Lipinski definition) is 1. The van der Waals surface area contributed by atoms with Crippen LogP contribution in [0.4, 0.5) is 0 Å². The van der Waals surface area contributed by atoms with Gasteiger partial charge in [0.1, 0.15) is 0 Å². The van der Waals surface area contributed by atoms with Crippen LogP contribution in [-0.2, 0) is 19.6 Å². The summed E-state index contributed by atoms with van der Waals surface area (Å²) < 4.78 is 43.2. The number of carbonyl (C=O) groups excluding carboxylic acids is 1. The predicted molar refractivity (Wildman–Crippen MR) is 116 cm³/mol. The van der Waals surface area contributed by atoms with Crippen molar-refractivity contribution in [2.75, 3.05) is 66.7 Å². The second-order valence-corrected chi connectivity index (χ2v) is 9.73. The lowest BCUT2D eigenvalue weighted by Crippen LogP contribution is -2.43. The quantitative estimate of drug-likeness (QED) is 0.554. The number of nitrogens with one attached hydrogen (secondary N) is 1. The summed E-state index contributed by atoms with van der Waals surface area (Å²) in [5.41, 5.74) is 0. The van der Waals surface area contributed by atoms with Crippen LogP contribution in [-0.4, -0.2) is 90.2 Å². The Labute approximate surface area is 184 Å². The Morgan fingerprint density at radius 1 is 1.10 bits per heavy atom. The molecule has 2 aliphatic rings. The monoisotopic (exact) mass is 455 g/mol. The predicted octanol–water partition coefficient (Wildman–Crippen LogP) is 0.943. The summed E-state index contributed by atoms with van der Waals surface area (Å²) in [6, 6.07) is 4.58. The van der Waals surface area contributed by atoms with E-state index in [1.54, 1.807) is 6.07 Å². The van der Waals surface area contributed by atoms with Gasteiger partial charge in [-0.2, -0.15) is 4.31 Å². The van der Waals surface area contributed by atoms with Crippen LogP contribution < -0.4 is 14.8 Å². The number of benzene rings is 1. The van der Waals surface area contributed by atoms with Gasteiger partial charge in [-0.3, -0.25) is 9.69 Å². The molecule has 0 unspecified atom stereocenters. The van der Waals surface area contributed by atoms with Gasteiger partial charge in [-0.25, -0.2) is 8.42 Å². The van der Waals surface area contributed by atoms with Crippen LogP contribution in [0, 0.1) is 5.92 Å². The molecule has 3 rings (SSSR count). The molecule has 10 heteroatoms. The zero-order valence-electron chi connectivity index (χ0n) is 18.3. The van der Waals surface area contributed by atoms with Gasteiger partial charge in [0.25, 0.3) is 0 Å². The summed E-state index contributed by atoms with van der Waals surface area (Å²) in [6.45, 7) is 5.67. The fourth-order valence-corrected chi connectivity index (χ4v) is 5.45. The second-order valence-electron chi connectivity index (χ2n) is 7.79. The van der Waals surface area contributed by atoms with Gasteiger partial charge in [-0.1, -0.05) is 0 Å². The number of methoxy groups -OCH3 is 2. The van der Waals surface area contributed by atoms with Crippen molar-refractivity contribution in [3.63, 3.8) is 0 Å². The lowest BCUT2D eigenvalue weighted by Gasteiger charge is -2.31. The number of piperidine rings is 1. The summed E-state index contributed by atoms with van der Waals surface area (Å²) in [5, 5.41) is 3.01. The van der Waals surface area contributed by atoms with Gasteiger partial charge in [-0.05, 0) is 37.9 Å². The highest BCUT2D eigenvalue weighted by molar-refractivity contribution is 7.89. The fraction of sp³-hybridized carbons (Fsp3) is 0.667. The van der Waals surface area contributed by atoms with Gasteiger partial charge >= 0.3 is 0 Å². The fourth-order valence-electron chi connectivity index (χ4n) is 3.97. The molecule has 0 saturated carbocycles. The number of rotatable bonds is 9. The van der Waals surface area contributed by atoms with Crippen molar-refractivity contribution in [3.8, 4) is 11.5 Å². The van der Waals surface area contributed by atoms with Crippen molar-refractivity contribution in [2.45, 2.75) is 24.2 Å². The molecule has 2 heterocycles. The summed E-state index contributed by atoms with van der Waals surface area (Å²) in [7, 11) is -0.676. The minimum atomic E-state index is -3.65. The van der Waals surface area contributed by atoms with Gasteiger partial charge in [-0.15, -0.1) is 0 Å². The maximum atomic E-state index is 13.0. The Bertz CT molecular complexity index is 834. The Hall–Kier alpha value is -1.88. The van der Waals surface area contributed by atoms with Crippen LogP contribution in [0.3, 0.4) is 0 Å². The molecule has 0 aliphatic carbocycles. The van der Waals surface area contributed by atoms with Crippen LogP contribution in [0.5, 0.6) is 11.5 Å². The van der Waals surface area contributed by atoms with Crippen molar-refractivity contribution in [3.05, 3.63) is 18.2 Å². The second kappa shape index (κ2) is 11.1. The normalized spacial score (nSPS) is 19.2. The molecular weight excluding hydrogens is 422 g/mol. The first-order valence-electron chi connectivity index (χ1n) is 10.8. The van der Waals surface area contributed by atoms with Crippen molar-refractivity contribution in [2.24, 2.45) is 5.92 Å². The minimum absolute atomic E-state index is 0.0187. The van der Waals surface area contributed by atoms with Crippen LogP contribution in [0.15, 0.2) is 23.1 Å². The molecule has 1 N–H and O–H groups in total. The SMILES string of the molecule is COc1ccc(S(=O)(=O)N2CCC(C(=O)NCCCN3CCOCC3)CC2)cc1OC. The summed E-state index contributed by atoms with van der Waals surface area (Å²) in [5.74, 6) is 0.714. The zero-order chi connectivity index (χ0) is 22.3. The first-order valence-corrected chi connectivity index (χ1v) is 12.2. The Morgan fingerprint density at radius 3 is 2.42 bits per heavy atom. The van der Waals surface area contributed by atoms with E-state index < -0.39 is 10.0 Å². The molecule has 1 aromatic rings. The Kier molecular flexibility index (Phi) is 8.53. The smallest absolute Gasteiger partial charge is 0.243 e. The van der Waals surface area contributed by atoms with E-state index in [1.165, 1.54) is 30.7 Å². The number of nitrogens with zero attached hydrogens (tertiary/aromatic N) is 2. The molecule has 0 radical (unpaired) electrons. The lowest BCUT2D eigenvalue weighted by atomic mass is 9.97. The summed E-state index contributed by atoms with van der Waals surface area (Å²) in [4.78, 5) is 15.0. The highest BCUT2D eigenvalue weighted by Gasteiger charge is 2.32. The van der Waals surface area contributed by atoms with Crippen molar-refractivity contribution < 1.29 is 27.4 Å². The van der Waals surface area contributed by atoms with E-state index in [9.17, 15) is 13.2 Å². The zero-order valence-corrected chi connectivity index (χ0v) is 19.2. The largest absolute Gasteiger partial charge is 0.493 e. The molecule has 1 aromatic carbocycles. The van der Waals surface area contributed by atoms with Gasteiger partial charge in [0, 0.05) is 44.7 Å². The van der Waals surface area contributed by atoms with Gasteiger partial charge in [0.05, 0.1) is 32.3 Å². The standard InChI is InChI=1S/C21H33N3O6S/c1-28-19-5-4-18(16-20(19)29-2)31(26,27)24-10-6-17(7-11-24)21(25)22-8-3-9-23-12-14-30-15-13-23/h4-5,16-17H,3,6-15H2,1-2H3,(H,22,25). The van der Waals surface area contributed by atoms with Crippen molar-refractivity contribution in [1.82, 2.24) is 14.5 Å². The molecule has 0 aromatic heterocycles. The molecule has 2 fully saturated rings. The third-order valence-corrected chi connectivity index (χ3v) is 7.77. The average molecular weight is 456 g/mol. The molecule has 0 bridgehead atoms. The van der Waals surface area contributed by atoms with E-state index in [1.807, 2.05) is 0 Å². The van der Waals surface area contributed by atoms with E-state index in [0.717, 1.165) is 39.3 Å². The lowest BCUT2D eigenvalue weighted by molar-refractivity contribution is -0.126. The topological polar surface area (TPSA) is 97.4 Å². The van der Waals surface area contributed by atoms with E-state index in [2.05, 4.69) is 10.2 Å². The number of ether oxygens (including phenoxy) is 3.